The second-order valence-corrected chi connectivity index (χ2v) is 8.22. The van der Waals surface area contributed by atoms with E-state index >= 15 is 0 Å². The Balaban J connectivity index is 3.27. The molecule has 0 saturated carbocycles. The van der Waals surface area contributed by atoms with Gasteiger partial charge in [-0.2, -0.15) is 4.99 Å². The van der Waals surface area contributed by atoms with Crippen molar-refractivity contribution in [3.8, 4) is 5.75 Å². The summed E-state index contributed by atoms with van der Waals surface area (Å²) >= 11 is 0. The van der Waals surface area contributed by atoms with Gasteiger partial charge in [-0.1, -0.05) is 44.7 Å². The Hall–Kier alpha value is -4.07. The molecule has 0 radical (unpaired) electrons. The lowest BCUT2D eigenvalue weighted by Gasteiger charge is -2.14. The number of pyridine rings is 1. The van der Waals surface area contributed by atoms with Crippen molar-refractivity contribution in [2.75, 3.05) is 7.05 Å². The maximum absolute atomic E-state index is 11.8. The Morgan fingerprint density at radius 1 is 1.25 bits per heavy atom. The lowest BCUT2D eigenvalue weighted by Crippen LogP contribution is -2.36. The maximum atomic E-state index is 11.8. The molecule has 1 heterocycles. The number of carbonyl (C=O) groups excluding carboxylic acids is 2. The maximum Gasteiger partial charge on any atom is 0.340 e. The smallest absolute Gasteiger partial charge is 0.340 e. The van der Waals surface area contributed by atoms with Crippen LogP contribution in [0.5, 0.6) is 5.75 Å². The average molecular weight is 492 g/mol. The van der Waals surface area contributed by atoms with Gasteiger partial charge in [0.25, 0.3) is 0 Å². The molecule has 1 aromatic rings. The van der Waals surface area contributed by atoms with Crippen LogP contribution in [0.15, 0.2) is 83.2 Å². The topological polar surface area (TPSA) is 105 Å². The third kappa shape index (κ3) is 10.5. The van der Waals surface area contributed by atoms with Crippen molar-refractivity contribution >= 4 is 29.2 Å². The molecule has 0 aliphatic carbocycles. The van der Waals surface area contributed by atoms with Crippen LogP contribution in [0.3, 0.4) is 0 Å². The Kier molecular flexibility index (Phi) is 12.5. The summed E-state index contributed by atoms with van der Waals surface area (Å²) in [7, 11) is 1.54. The summed E-state index contributed by atoms with van der Waals surface area (Å²) < 4.78 is 5.99. The second-order valence-electron chi connectivity index (χ2n) is 8.22. The number of rotatable bonds is 12. The van der Waals surface area contributed by atoms with E-state index in [0.717, 1.165) is 23.1 Å². The number of carbonyl (C=O) groups is 2. The lowest BCUT2D eigenvalue weighted by atomic mass is 10.1. The zero-order valence-corrected chi connectivity index (χ0v) is 22.1. The van der Waals surface area contributed by atoms with Crippen LogP contribution in [-0.2, 0) is 4.79 Å². The van der Waals surface area contributed by atoms with Crippen LogP contribution in [0.1, 0.15) is 46.1 Å². The van der Waals surface area contributed by atoms with Gasteiger partial charge in [0.1, 0.15) is 11.5 Å². The molecule has 0 fully saturated rings. The van der Waals surface area contributed by atoms with Crippen molar-refractivity contribution in [1.82, 2.24) is 15.6 Å². The predicted molar refractivity (Wildman–Crippen MR) is 148 cm³/mol. The fraction of sp³-hybridized carbons (Fsp3) is 0.321. The Labute approximate surface area is 214 Å². The molecular formula is C28H37N5O3. The molecule has 0 aromatic carbocycles. The molecule has 0 aliphatic rings. The fourth-order valence-corrected chi connectivity index (χ4v) is 2.90. The number of nitrogens with one attached hydrogen (secondary N) is 2. The molecule has 1 aromatic heterocycles. The molecule has 1 rings (SSSR count). The van der Waals surface area contributed by atoms with Gasteiger partial charge in [-0.3, -0.25) is 4.79 Å². The van der Waals surface area contributed by atoms with E-state index in [9.17, 15) is 9.59 Å². The van der Waals surface area contributed by atoms with Gasteiger partial charge in [0.05, 0.1) is 11.8 Å². The normalized spacial score (nSPS) is 13.2. The van der Waals surface area contributed by atoms with Gasteiger partial charge in [0.2, 0.25) is 5.91 Å². The summed E-state index contributed by atoms with van der Waals surface area (Å²) in [6, 6.07) is 0.905. The van der Waals surface area contributed by atoms with Gasteiger partial charge >= 0.3 is 6.03 Å². The van der Waals surface area contributed by atoms with Crippen LogP contribution < -0.4 is 15.4 Å². The summed E-state index contributed by atoms with van der Waals surface area (Å²) in [4.78, 5) is 36.6. The van der Waals surface area contributed by atoms with Crippen molar-refractivity contribution in [1.29, 1.82) is 0 Å². The van der Waals surface area contributed by atoms with E-state index in [-0.39, 0.29) is 5.91 Å². The molecule has 36 heavy (non-hydrogen) atoms. The highest BCUT2D eigenvalue weighted by Gasteiger charge is 2.12. The minimum Gasteiger partial charge on any atom is -0.458 e. The van der Waals surface area contributed by atoms with E-state index in [0.29, 0.717) is 35.2 Å². The summed E-state index contributed by atoms with van der Waals surface area (Å²) in [5, 5.41) is 5.31. The van der Waals surface area contributed by atoms with Crippen LogP contribution in [0, 0.1) is 6.92 Å². The van der Waals surface area contributed by atoms with E-state index in [1.165, 1.54) is 13.1 Å². The zero-order chi connectivity index (χ0) is 27.3. The first-order valence-corrected chi connectivity index (χ1v) is 11.7. The summed E-state index contributed by atoms with van der Waals surface area (Å²) in [5.41, 5.74) is 3.67. The van der Waals surface area contributed by atoms with Crippen molar-refractivity contribution in [2.24, 2.45) is 9.98 Å². The van der Waals surface area contributed by atoms with Crippen LogP contribution in [0.25, 0.3) is 0 Å². The first-order valence-electron chi connectivity index (χ1n) is 11.7. The molecule has 0 bridgehead atoms. The predicted octanol–water partition coefficient (Wildman–Crippen LogP) is 5.70. The number of ether oxygens (including phenoxy) is 1. The fourth-order valence-electron chi connectivity index (χ4n) is 2.90. The first kappa shape index (κ1) is 30.0. The first-order chi connectivity index (χ1) is 17.0. The van der Waals surface area contributed by atoms with Gasteiger partial charge in [0.15, 0.2) is 5.82 Å². The highest BCUT2D eigenvalue weighted by Crippen LogP contribution is 2.25. The zero-order valence-electron chi connectivity index (χ0n) is 22.1. The Morgan fingerprint density at radius 2 is 1.94 bits per heavy atom. The number of hydrogen-bond acceptors (Lipinski definition) is 5. The minimum absolute atomic E-state index is 0.305. The van der Waals surface area contributed by atoms with Gasteiger partial charge in [-0.15, -0.1) is 0 Å². The van der Waals surface area contributed by atoms with E-state index < -0.39 is 12.1 Å². The summed E-state index contributed by atoms with van der Waals surface area (Å²) in [6.45, 7) is 20.8. The van der Waals surface area contributed by atoms with Gasteiger partial charge in [-0.25, -0.2) is 14.8 Å². The van der Waals surface area contributed by atoms with Crippen LogP contribution in [-0.4, -0.2) is 41.4 Å². The van der Waals surface area contributed by atoms with Crippen molar-refractivity contribution < 1.29 is 14.3 Å². The number of aryl methyl sites for hydroxylation is 1. The molecule has 8 nitrogen and oxygen atoms in total. The minimum atomic E-state index is -0.403. The van der Waals surface area contributed by atoms with E-state index in [1.54, 1.807) is 24.4 Å². The van der Waals surface area contributed by atoms with E-state index in [1.807, 2.05) is 40.7 Å². The third-order valence-corrected chi connectivity index (χ3v) is 4.82. The van der Waals surface area contributed by atoms with Crippen LogP contribution >= 0.6 is 0 Å². The highest BCUT2D eigenvalue weighted by molar-refractivity contribution is 6.05. The molecule has 1 atom stereocenters. The van der Waals surface area contributed by atoms with Gasteiger partial charge < -0.3 is 15.4 Å². The molecule has 2 N–H and O–H groups in total. The largest absolute Gasteiger partial charge is 0.458 e. The average Bonchev–Trinajstić information content (AvgIpc) is 2.82. The van der Waals surface area contributed by atoms with Crippen molar-refractivity contribution in [3.63, 3.8) is 0 Å². The lowest BCUT2D eigenvalue weighted by molar-refractivity contribution is -0.116. The molecule has 1 unspecified atom stereocenters. The van der Waals surface area contributed by atoms with Gasteiger partial charge in [-0.05, 0) is 57.9 Å². The Bertz CT molecular complexity index is 1130. The van der Waals surface area contributed by atoms with E-state index in [4.69, 9.17) is 4.74 Å². The monoisotopic (exact) mass is 491 g/mol. The number of aliphatic imine (C=N–C) groups is 2. The molecule has 0 aliphatic heterocycles. The Morgan fingerprint density at radius 3 is 2.53 bits per heavy atom. The second kappa shape index (κ2) is 15.0. The molecule has 0 saturated heterocycles. The summed E-state index contributed by atoms with van der Waals surface area (Å²) in [5.74, 6) is 1.01. The van der Waals surface area contributed by atoms with Gasteiger partial charge in [0, 0.05) is 30.6 Å². The standard InChI is InChI=1S/C28H37N5O3/c1-10-12-23(33-28(35)29-9)19(5)15-21(7)36-25-16-26(30-17-20(25)6)32-24(14-13-18(3)4)22(8)31-27(34)11-2/h11,13-17,22H,2-3,7,10,12H2,1,4-6,8-9H3,(H,29,35)(H,31,34)/b14-13-,19-15-,32-24?,33-23?. The molecule has 0 spiro atoms. The third-order valence-electron chi connectivity index (χ3n) is 4.82. The molecule has 3 amide bonds. The number of amides is 3. The van der Waals surface area contributed by atoms with E-state index in [2.05, 4.69) is 45.3 Å². The number of urea groups is 1. The molecular weight excluding hydrogens is 454 g/mol. The summed E-state index contributed by atoms with van der Waals surface area (Å²) in [6.07, 6.45) is 9.69. The van der Waals surface area contributed by atoms with Crippen LogP contribution in [0.4, 0.5) is 10.6 Å². The quantitative estimate of drug-likeness (QED) is 0.169. The molecule has 192 valence electrons. The SMILES string of the molecule is C=CC(=O)NC(C)C(/C=C\C(=C)C)=Nc1cc(OC(=C)/C=C(/C)C(CCC)=NC(=O)NC)c(C)cn1. The van der Waals surface area contributed by atoms with Crippen molar-refractivity contribution in [2.45, 2.75) is 53.5 Å². The number of allylic oxidation sites excluding steroid dienone is 4. The molecule has 8 heteroatoms. The highest BCUT2D eigenvalue weighted by atomic mass is 16.5. The number of hydrogen-bond donors (Lipinski definition) is 2. The van der Waals surface area contributed by atoms with Crippen LogP contribution in [0.2, 0.25) is 0 Å². The number of nitrogens with zero attached hydrogens (tertiary/aromatic N) is 3. The number of aromatic nitrogens is 1. The van der Waals surface area contributed by atoms with Crippen molar-refractivity contribution in [3.05, 3.63) is 78.8 Å².